The Hall–Kier alpha value is -0.540. The average molecular weight is 284 g/mol. The number of hydrogen-bond acceptors (Lipinski definition) is 2. The number of hydrogen-bond donors (Lipinski definition) is 2. The van der Waals surface area contributed by atoms with E-state index < -0.39 is 0 Å². The van der Waals surface area contributed by atoms with Gasteiger partial charge in [0.2, 0.25) is 0 Å². The lowest BCUT2D eigenvalue weighted by molar-refractivity contribution is 0.172. The van der Waals surface area contributed by atoms with E-state index in [1.807, 2.05) is 0 Å². The molecule has 0 amide bonds. The van der Waals surface area contributed by atoms with E-state index in [0.717, 1.165) is 23.7 Å². The first-order valence-corrected chi connectivity index (χ1v) is 6.58. The van der Waals surface area contributed by atoms with Crippen molar-refractivity contribution in [3.8, 4) is 0 Å². The third-order valence-corrected chi connectivity index (χ3v) is 3.76. The Kier molecular flexibility index (Phi) is 3.55. The van der Waals surface area contributed by atoms with Crippen molar-refractivity contribution in [2.24, 2.45) is 0 Å². The molecule has 0 saturated heterocycles. The van der Waals surface area contributed by atoms with Crippen LogP contribution >= 0.6 is 15.9 Å². The summed E-state index contributed by atoms with van der Waals surface area (Å²) in [7, 11) is 0. The lowest BCUT2D eigenvalue weighted by Gasteiger charge is -2.21. The van der Waals surface area contributed by atoms with Crippen LogP contribution in [0.5, 0.6) is 0 Å². The summed E-state index contributed by atoms with van der Waals surface area (Å²) in [5, 5.41) is 13.3. The van der Waals surface area contributed by atoms with Crippen LogP contribution in [0.4, 0.5) is 5.69 Å². The minimum absolute atomic E-state index is 0.192. The van der Waals surface area contributed by atoms with Gasteiger partial charge in [-0.2, -0.15) is 0 Å². The highest BCUT2D eigenvalue weighted by Crippen LogP contribution is 2.29. The lowest BCUT2D eigenvalue weighted by atomic mass is 10.1. The van der Waals surface area contributed by atoms with Gasteiger partial charge in [-0.25, -0.2) is 0 Å². The summed E-state index contributed by atoms with van der Waals surface area (Å²) >= 11 is 3.49. The fourth-order valence-corrected chi connectivity index (χ4v) is 3.12. The maximum atomic E-state index is 9.81. The SMILES string of the molecule is Cc1cc(Br)cc(C)c1N[C@H]1CCC[C@@H]1O. The Bertz CT molecular complexity index is 369. The van der Waals surface area contributed by atoms with Gasteiger partial charge in [-0.1, -0.05) is 15.9 Å². The number of rotatable bonds is 2. The summed E-state index contributed by atoms with van der Waals surface area (Å²) in [4.78, 5) is 0. The van der Waals surface area contributed by atoms with Crippen LogP contribution in [-0.4, -0.2) is 17.3 Å². The second-order valence-corrected chi connectivity index (χ2v) is 5.58. The van der Waals surface area contributed by atoms with Crippen LogP contribution in [0.1, 0.15) is 30.4 Å². The Morgan fingerprint density at radius 1 is 1.25 bits per heavy atom. The molecule has 0 unspecified atom stereocenters. The first-order chi connectivity index (χ1) is 7.58. The molecule has 2 rings (SSSR count). The van der Waals surface area contributed by atoms with Crippen molar-refractivity contribution in [1.29, 1.82) is 0 Å². The zero-order chi connectivity index (χ0) is 11.7. The summed E-state index contributed by atoms with van der Waals surface area (Å²) in [5.41, 5.74) is 3.63. The maximum Gasteiger partial charge on any atom is 0.0741 e. The van der Waals surface area contributed by atoms with Crippen molar-refractivity contribution in [1.82, 2.24) is 0 Å². The smallest absolute Gasteiger partial charge is 0.0741 e. The van der Waals surface area contributed by atoms with Crippen LogP contribution in [0.15, 0.2) is 16.6 Å². The summed E-state index contributed by atoms with van der Waals surface area (Å²) in [6.07, 6.45) is 2.91. The molecule has 0 aliphatic heterocycles. The van der Waals surface area contributed by atoms with Gasteiger partial charge in [0.25, 0.3) is 0 Å². The van der Waals surface area contributed by atoms with Crippen molar-refractivity contribution in [3.05, 3.63) is 27.7 Å². The number of nitrogens with one attached hydrogen (secondary N) is 1. The van der Waals surface area contributed by atoms with Gasteiger partial charge in [-0.05, 0) is 56.4 Å². The van der Waals surface area contributed by atoms with Crippen molar-refractivity contribution >= 4 is 21.6 Å². The fraction of sp³-hybridized carbons (Fsp3) is 0.538. The highest BCUT2D eigenvalue weighted by molar-refractivity contribution is 9.10. The van der Waals surface area contributed by atoms with E-state index in [2.05, 4.69) is 47.2 Å². The third kappa shape index (κ3) is 2.41. The maximum absolute atomic E-state index is 9.81. The normalized spacial score (nSPS) is 24.8. The molecule has 2 nitrogen and oxygen atoms in total. The Balaban J connectivity index is 2.21. The number of aliphatic hydroxyl groups excluding tert-OH is 1. The summed E-state index contributed by atoms with van der Waals surface area (Å²) in [6.45, 7) is 4.20. The number of aliphatic hydroxyl groups is 1. The second kappa shape index (κ2) is 4.76. The van der Waals surface area contributed by atoms with E-state index in [-0.39, 0.29) is 12.1 Å². The molecule has 0 aromatic heterocycles. The Morgan fingerprint density at radius 3 is 2.38 bits per heavy atom. The number of anilines is 1. The molecule has 16 heavy (non-hydrogen) atoms. The predicted octanol–water partition coefficient (Wildman–Crippen LogP) is 3.39. The number of halogens is 1. The zero-order valence-corrected chi connectivity index (χ0v) is 11.3. The standard InChI is InChI=1S/C13H18BrNO/c1-8-6-10(14)7-9(2)13(8)15-11-4-3-5-12(11)16/h6-7,11-12,15-16H,3-5H2,1-2H3/t11-,12-/m0/s1. The van der Waals surface area contributed by atoms with Gasteiger partial charge in [0, 0.05) is 10.2 Å². The second-order valence-electron chi connectivity index (χ2n) is 4.66. The molecular formula is C13H18BrNO. The van der Waals surface area contributed by atoms with Crippen LogP contribution in [0, 0.1) is 13.8 Å². The molecule has 1 saturated carbocycles. The topological polar surface area (TPSA) is 32.3 Å². The summed E-state index contributed by atoms with van der Waals surface area (Å²) in [5.74, 6) is 0. The van der Waals surface area contributed by atoms with Gasteiger partial charge < -0.3 is 10.4 Å². The predicted molar refractivity (Wildman–Crippen MR) is 70.9 cm³/mol. The molecule has 88 valence electrons. The quantitative estimate of drug-likeness (QED) is 0.872. The molecule has 2 atom stereocenters. The van der Waals surface area contributed by atoms with Gasteiger partial charge in [0.15, 0.2) is 0 Å². The largest absolute Gasteiger partial charge is 0.391 e. The lowest BCUT2D eigenvalue weighted by Crippen LogP contribution is -2.28. The van der Waals surface area contributed by atoms with Crippen LogP contribution in [-0.2, 0) is 0 Å². The first-order valence-electron chi connectivity index (χ1n) is 5.79. The van der Waals surface area contributed by atoms with E-state index in [1.165, 1.54) is 16.8 Å². The van der Waals surface area contributed by atoms with Gasteiger partial charge in [0.1, 0.15) is 0 Å². The van der Waals surface area contributed by atoms with Crippen molar-refractivity contribution in [3.63, 3.8) is 0 Å². The third-order valence-electron chi connectivity index (χ3n) is 3.31. The van der Waals surface area contributed by atoms with E-state index in [4.69, 9.17) is 0 Å². The first kappa shape index (κ1) is 11.9. The molecule has 1 fully saturated rings. The van der Waals surface area contributed by atoms with Gasteiger partial charge >= 0.3 is 0 Å². The van der Waals surface area contributed by atoms with Gasteiger partial charge in [0.05, 0.1) is 12.1 Å². The zero-order valence-electron chi connectivity index (χ0n) is 9.76. The fourth-order valence-electron chi connectivity index (χ4n) is 2.43. The van der Waals surface area contributed by atoms with Crippen molar-refractivity contribution in [2.75, 3.05) is 5.32 Å². The van der Waals surface area contributed by atoms with Crippen LogP contribution in [0.25, 0.3) is 0 Å². The highest BCUT2D eigenvalue weighted by atomic mass is 79.9. The van der Waals surface area contributed by atoms with E-state index in [0.29, 0.717) is 0 Å². The monoisotopic (exact) mass is 283 g/mol. The molecule has 1 aliphatic carbocycles. The molecule has 0 heterocycles. The molecule has 0 spiro atoms. The van der Waals surface area contributed by atoms with Crippen LogP contribution in [0.3, 0.4) is 0 Å². The molecule has 1 aromatic rings. The van der Waals surface area contributed by atoms with E-state index in [1.54, 1.807) is 0 Å². The molecule has 3 heteroatoms. The van der Waals surface area contributed by atoms with Crippen molar-refractivity contribution < 1.29 is 5.11 Å². The highest BCUT2D eigenvalue weighted by Gasteiger charge is 2.25. The molecule has 1 aromatic carbocycles. The van der Waals surface area contributed by atoms with Gasteiger partial charge in [-0.15, -0.1) is 0 Å². The molecule has 0 bridgehead atoms. The molecule has 0 radical (unpaired) electrons. The van der Waals surface area contributed by atoms with E-state index >= 15 is 0 Å². The Morgan fingerprint density at radius 2 is 1.88 bits per heavy atom. The average Bonchev–Trinajstić information content (AvgIpc) is 2.57. The van der Waals surface area contributed by atoms with Crippen LogP contribution in [0.2, 0.25) is 0 Å². The molecular weight excluding hydrogens is 266 g/mol. The van der Waals surface area contributed by atoms with Crippen LogP contribution < -0.4 is 5.32 Å². The minimum atomic E-state index is -0.192. The number of benzene rings is 1. The number of aryl methyl sites for hydroxylation is 2. The van der Waals surface area contributed by atoms with Gasteiger partial charge in [-0.3, -0.25) is 0 Å². The Labute approximate surface area is 105 Å². The van der Waals surface area contributed by atoms with E-state index in [9.17, 15) is 5.11 Å². The molecule has 1 aliphatic rings. The summed E-state index contributed by atoms with van der Waals surface area (Å²) < 4.78 is 1.11. The minimum Gasteiger partial charge on any atom is -0.391 e. The van der Waals surface area contributed by atoms with Crippen molar-refractivity contribution in [2.45, 2.75) is 45.3 Å². The summed E-state index contributed by atoms with van der Waals surface area (Å²) in [6, 6.07) is 4.44. The molecule has 2 N–H and O–H groups in total.